The van der Waals surface area contributed by atoms with Crippen molar-refractivity contribution in [1.29, 1.82) is 0 Å². The van der Waals surface area contributed by atoms with Gasteiger partial charge in [0.2, 0.25) is 0 Å². The van der Waals surface area contributed by atoms with E-state index in [9.17, 15) is 4.79 Å². The number of ether oxygens (including phenoxy) is 1. The summed E-state index contributed by atoms with van der Waals surface area (Å²) in [5.74, 6) is 0.428. The van der Waals surface area contributed by atoms with E-state index < -0.39 is 0 Å². The minimum Gasteiger partial charge on any atom is -0.375 e. The van der Waals surface area contributed by atoms with Gasteiger partial charge in [0, 0.05) is 32.1 Å². The molecule has 2 rings (SSSR count). The zero-order chi connectivity index (χ0) is 12.5. The first kappa shape index (κ1) is 12.1. The molecule has 0 radical (unpaired) electrons. The Bertz CT molecular complexity index is 453. The Morgan fingerprint density at radius 3 is 3.06 bits per heavy atom. The van der Waals surface area contributed by atoms with Gasteiger partial charge in [-0.3, -0.25) is 4.79 Å². The van der Waals surface area contributed by atoms with Crippen molar-refractivity contribution in [3.8, 4) is 0 Å². The van der Waals surface area contributed by atoms with Gasteiger partial charge in [-0.05, 0) is 26.7 Å². The normalized spacial score (nSPS) is 23.4. The number of hydrogen-bond acceptors (Lipinski definition) is 4. The van der Waals surface area contributed by atoms with Crippen molar-refractivity contribution in [3.63, 3.8) is 0 Å². The Balaban J connectivity index is 2.11. The summed E-state index contributed by atoms with van der Waals surface area (Å²) in [5.41, 5.74) is -0.215. The minimum absolute atomic E-state index is 0.0863. The van der Waals surface area contributed by atoms with E-state index in [4.69, 9.17) is 4.74 Å². The smallest absolute Gasteiger partial charge is 0.293 e. The molecule has 1 aromatic heterocycles. The highest BCUT2D eigenvalue weighted by Gasteiger charge is 2.29. The molecule has 2 heterocycles. The van der Waals surface area contributed by atoms with Gasteiger partial charge in [0.15, 0.2) is 5.82 Å². The molecule has 0 saturated carbocycles. The summed E-state index contributed by atoms with van der Waals surface area (Å²) in [6, 6.07) is 0.251. The van der Waals surface area contributed by atoms with Gasteiger partial charge in [-0.2, -0.15) is 0 Å². The molecule has 5 heteroatoms. The van der Waals surface area contributed by atoms with Gasteiger partial charge in [-0.25, -0.2) is 4.98 Å². The van der Waals surface area contributed by atoms with Crippen molar-refractivity contribution >= 4 is 5.82 Å². The summed E-state index contributed by atoms with van der Waals surface area (Å²) < 4.78 is 7.17. The van der Waals surface area contributed by atoms with E-state index in [0.29, 0.717) is 5.82 Å². The van der Waals surface area contributed by atoms with Crippen molar-refractivity contribution in [2.24, 2.45) is 7.05 Å². The van der Waals surface area contributed by atoms with E-state index in [0.717, 1.165) is 19.4 Å². The molecule has 0 bridgehead atoms. The molecule has 1 aliphatic rings. The first-order valence-corrected chi connectivity index (χ1v) is 5.90. The predicted molar refractivity (Wildman–Crippen MR) is 66.2 cm³/mol. The topological polar surface area (TPSA) is 56.1 Å². The molecule has 1 fully saturated rings. The van der Waals surface area contributed by atoms with E-state index in [-0.39, 0.29) is 17.2 Å². The van der Waals surface area contributed by atoms with Crippen molar-refractivity contribution in [3.05, 3.63) is 22.7 Å². The van der Waals surface area contributed by atoms with Crippen LogP contribution in [0, 0.1) is 0 Å². The van der Waals surface area contributed by atoms with Crippen LogP contribution in [-0.4, -0.2) is 27.8 Å². The third-order valence-corrected chi connectivity index (χ3v) is 3.05. The van der Waals surface area contributed by atoms with Crippen molar-refractivity contribution < 1.29 is 4.74 Å². The maximum atomic E-state index is 11.8. The van der Waals surface area contributed by atoms with E-state index >= 15 is 0 Å². The summed E-state index contributed by atoms with van der Waals surface area (Å²) in [6.07, 6.45) is 5.07. The highest BCUT2D eigenvalue weighted by molar-refractivity contribution is 5.32. The maximum Gasteiger partial charge on any atom is 0.293 e. The zero-order valence-corrected chi connectivity index (χ0v) is 10.6. The first-order valence-electron chi connectivity index (χ1n) is 5.90. The van der Waals surface area contributed by atoms with Crippen LogP contribution in [0.2, 0.25) is 0 Å². The SMILES string of the molecule is Cn1ccnc(NC2CCOC(C)(C)C2)c1=O. The van der Waals surface area contributed by atoms with Crippen LogP contribution in [0.15, 0.2) is 17.2 Å². The van der Waals surface area contributed by atoms with Crippen LogP contribution in [0.1, 0.15) is 26.7 Å². The van der Waals surface area contributed by atoms with Crippen LogP contribution < -0.4 is 10.9 Å². The molecule has 17 heavy (non-hydrogen) atoms. The molecule has 1 aliphatic heterocycles. The van der Waals surface area contributed by atoms with Gasteiger partial charge in [0.25, 0.3) is 5.56 Å². The Kier molecular flexibility index (Phi) is 3.19. The Labute approximate surface area is 101 Å². The molecule has 1 aromatic rings. The van der Waals surface area contributed by atoms with Crippen molar-refractivity contribution in [1.82, 2.24) is 9.55 Å². The maximum absolute atomic E-state index is 11.8. The van der Waals surface area contributed by atoms with Gasteiger partial charge in [-0.15, -0.1) is 0 Å². The fraction of sp³-hybridized carbons (Fsp3) is 0.667. The van der Waals surface area contributed by atoms with Crippen LogP contribution in [0.4, 0.5) is 5.82 Å². The lowest BCUT2D eigenvalue weighted by atomic mass is 9.94. The molecule has 1 saturated heterocycles. The summed E-state index contributed by atoms with van der Waals surface area (Å²) in [4.78, 5) is 15.9. The lowest BCUT2D eigenvalue weighted by Crippen LogP contribution is -2.41. The Morgan fingerprint density at radius 2 is 2.35 bits per heavy atom. The second kappa shape index (κ2) is 4.49. The molecular formula is C12H19N3O2. The second-order valence-corrected chi connectivity index (χ2v) is 5.13. The van der Waals surface area contributed by atoms with E-state index in [1.54, 1.807) is 19.4 Å². The number of rotatable bonds is 2. The lowest BCUT2D eigenvalue weighted by molar-refractivity contribution is -0.0553. The Morgan fingerprint density at radius 1 is 1.59 bits per heavy atom. The van der Waals surface area contributed by atoms with Gasteiger partial charge < -0.3 is 14.6 Å². The van der Waals surface area contributed by atoms with Crippen molar-refractivity contribution in [2.45, 2.75) is 38.3 Å². The molecule has 0 aromatic carbocycles. The van der Waals surface area contributed by atoms with Crippen molar-refractivity contribution in [2.75, 3.05) is 11.9 Å². The van der Waals surface area contributed by atoms with E-state index in [1.165, 1.54) is 4.57 Å². The molecule has 5 nitrogen and oxygen atoms in total. The van der Waals surface area contributed by atoms with Crippen LogP contribution in [0.5, 0.6) is 0 Å². The molecule has 1 N–H and O–H groups in total. The Hall–Kier alpha value is -1.36. The monoisotopic (exact) mass is 237 g/mol. The number of anilines is 1. The highest BCUT2D eigenvalue weighted by atomic mass is 16.5. The molecule has 0 spiro atoms. The number of nitrogens with zero attached hydrogens (tertiary/aromatic N) is 2. The van der Waals surface area contributed by atoms with E-state index in [2.05, 4.69) is 24.1 Å². The third kappa shape index (κ3) is 2.85. The number of aromatic nitrogens is 2. The molecule has 94 valence electrons. The van der Waals surface area contributed by atoms with Gasteiger partial charge in [0.1, 0.15) is 0 Å². The lowest BCUT2D eigenvalue weighted by Gasteiger charge is -2.35. The molecule has 0 aliphatic carbocycles. The van der Waals surface area contributed by atoms with Crippen LogP contribution in [-0.2, 0) is 11.8 Å². The number of nitrogens with one attached hydrogen (secondary N) is 1. The summed E-state index contributed by atoms with van der Waals surface area (Å²) in [6.45, 7) is 4.85. The van der Waals surface area contributed by atoms with Gasteiger partial charge in [-0.1, -0.05) is 0 Å². The molecule has 0 amide bonds. The molecular weight excluding hydrogens is 218 g/mol. The molecule has 1 unspecified atom stereocenters. The zero-order valence-electron chi connectivity index (χ0n) is 10.6. The summed E-state index contributed by atoms with van der Waals surface area (Å²) >= 11 is 0. The molecule has 1 atom stereocenters. The quantitative estimate of drug-likeness (QED) is 0.838. The third-order valence-electron chi connectivity index (χ3n) is 3.05. The van der Waals surface area contributed by atoms with Crippen LogP contribution in [0.25, 0.3) is 0 Å². The fourth-order valence-electron chi connectivity index (χ4n) is 2.15. The fourth-order valence-corrected chi connectivity index (χ4v) is 2.15. The van der Waals surface area contributed by atoms with E-state index in [1.807, 2.05) is 0 Å². The van der Waals surface area contributed by atoms with Crippen LogP contribution >= 0.6 is 0 Å². The van der Waals surface area contributed by atoms with Crippen LogP contribution in [0.3, 0.4) is 0 Å². The first-order chi connectivity index (χ1) is 7.98. The summed E-state index contributed by atoms with van der Waals surface area (Å²) in [5, 5.41) is 3.22. The minimum atomic E-state index is -0.129. The summed E-state index contributed by atoms with van der Waals surface area (Å²) in [7, 11) is 1.73. The van der Waals surface area contributed by atoms with Gasteiger partial charge >= 0.3 is 0 Å². The highest BCUT2D eigenvalue weighted by Crippen LogP contribution is 2.25. The second-order valence-electron chi connectivity index (χ2n) is 5.13. The van der Waals surface area contributed by atoms with Gasteiger partial charge in [0.05, 0.1) is 5.60 Å². The largest absolute Gasteiger partial charge is 0.375 e. The number of hydrogen-bond donors (Lipinski definition) is 1. The standard InChI is InChI=1S/C12H19N3O2/c1-12(2)8-9(4-7-17-12)14-10-11(16)15(3)6-5-13-10/h5-6,9H,4,7-8H2,1-3H3,(H,13,14). The average molecular weight is 237 g/mol. The predicted octanol–water partition coefficient (Wildman–Crippen LogP) is 1.15. The average Bonchev–Trinajstić information content (AvgIpc) is 2.23. The number of aryl methyl sites for hydroxylation is 1.